The Morgan fingerprint density at radius 3 is 1.81 bits per heavy atom. The van der Waals surface area contributed by atoms with Crippen molar-refractivity contribution < 1.29 is 19.8 Å². The van der Waals surface area contributed by atoms with E-state index in [2.05, 4.69) is 67.7 Å². The Hall–Kier alpha value is -2.79. The fourth-order valence-electron chi connectivity index (χ4n) is 3.83. The van der Waals surface area contributed by atoms with Gasteiger partial charge in [0.2, 0.25) is 0 Å². The van der Waals surface area contributed by atoms with Crippen molar-refractivity contribution in [1.82, 2.24) is 0 Å². The highest BCUT2D eigenvalue weighted by Gasteiger charge is 2.34. The van der Waals surface area contributed by atoms with E-state index in [1.54, 1.807) is 17.8 Å². The maximum Gasteiger partial charge on any atom is 0.339 e. The maximum atomic E-state index is 13.2. The Morgan fingerprint density at radius 2 is 1.32 bits per heavy atom. The van der Waals surface area contributed by atoms with Crippen molar-refractivity contribution in [1.29, 1.82) is 0 Å². The molecule has 0 aliphatic heterocycles. The molecule has 0 aliphatic rings. The summed E-state index contributed by atoms with van der Waals surface area (Å²) in [5.74, 6) is -0.523. The third kappa shape index (κ3) is 12.8. The normalized spacial score (nSPS) is 12.7. The maximum absolute atomic E-state index is 13.2. The highest BCUT2D eigenvalue weighted by molar-refractivity contribution is 8.01. The number of hydrogen-bond acceptors (Lipinski definition) is 4. The number of ketones is 1. The average molecular weight is 525 g/mol. The van der Waals surface area contributed by atoms with E-state index in [-0.39, 0.29) is 23.5 Å². The van der Waals surface area contributed by atoms with Gasteiger partial charge in [-0.2, -0.15) is 0 Å². The molecule has 1 aromatic carbocycles. The first kappa shape index (κ1) is 32.2. The Kier molecular flexibility index (Phi) is 16.9. The van der Waals surface area contributed by atoms with Gasteiger partial charge in [0.05, 0.1) is 4.75 Å². The number of allylic oxidation sites excluding steroid dienone is 10. The van der Waals surface area contributed by atoms with Crippen LogP contribution in [-0.4, -0.2) is 32.5 Å². The minimum atomic E-state index is -1.20. The van der Waals surface area contributed by atoms with Crippen molar-refractivity contribution in [2.75, 3.05) is 5.75 Å². The molecule has 0 radical (unpaired) electrons. The van der Waals surface area contributed by atoms with E-state index < -0.39 is 10.7 Å². The third-order valence-electron chi connectivity index (χ3n) is 6.13. The van der Waals surface area contributed by atoms with Crippen LogP contribution in [-0.2, 0) is 11.2 Å². The lowest BCUT2D eigenvalue weighted by Gasteiger charge is -2.29. The quantitative estimate of drug-likeness (QED) is 0.140. The van der Waals surface area contributed by atoms with Gasteiger partial charge in [0.25, 0.3) is 0 Å². The van der Waals surface area contributed by atoms with Crippen molar-refractivity contribution in [2.24, 2.45) is 0 Å². The van der Waals surface area contributed by atoms with E-state index in [0.717, 1.165) is 57.1 Å². The van der Waals surface area contributed by atoms with E-state index in [0.29, 0.717) is 5.56 Å². The van der Waals surface area contributed by atoms with Crippen molar-refractivity contribution in [3.63, 3.8) is 0 Å². The number of aromatic carboxylic acids is 1. The van der Waals surface area contributed by atoms with Gasteiger partial charge in [0.1, 0.15) is 11.3 Å². The van der Waals surface area contributed by atoms with Gasteiger partial charge in [-0.15, -0.1) is 11.8 Å². The highest BCUT2D eigenvalue weighted by Crippen LogP contribution is 2.35. The van der Waals surface area contributed by atoms with Gasteiger partial charge >= 0.3 is 5.97 Å². The Labute approximate surface area is 228 Å². The Morgan fingerprint density at radius 1 is 0.811 bits per heavy atom. The van der Waals surface area contributed by atoms with E-state index in [1.807, 2.05) is 13.8 Å². The van der Waals surface area contributed by atoms with Crippen molar-refractivity contribution in [3.8, 4) is 5.75 Å². The predicted molar refractivity (Wildman–Crippen MR) is 159 cm³/mol. The summed E-state index contributed by atoms with van der Waals surface area (Å²) in [4.78, 5) is 24.5. The van der Waals surface area contributed by atoms with Crippen LogP contribution in [0.4, 0.5) is 0 Å². The predicted octanol–water partition coefficient (Wildman–Crippen LogP) is 8.64. The second kappa shape index (κ2) is 19.3. The van der Waals surface area contributed by atoms with Crippen molar-refractivity contribution >= 4 is 23.5 Å². The first-order valence-electron chi connectivity index (χ1n) is 13.4. The molecule has 0 saturated carbocycles. The molecule has 202 valence electrons. The van der Waals surface area contributed by atoms with Crippen LogP contribution in [0.3, 0.4) is 0 Å². The summed E-state index contributed by atoms with van der Waals surface area (Å²) >= 11 is 1.69. The molecule has 0 fully saturated rings. The van der Waals surface area contributed by atoms with E-state index >= 15 is 0 Å². The smallest absolute Gasteiger partial charge is 0.339 e. The second-order valence-corrected chi connectivity index (χ2v) is 10.3. The molecule has 1 rings (SSSR count). The molecule has 5 heteroatoms. The molecule has 4 nitrogen and oxygen atoms in total. The number of benzene rings is 1. The van der Waals surface area contributed by atoms with Crippen LogP contribution in [0.1, 0.15) is 88.1 Å². The number of thioether (sulfide) groups is 1. The van der Waals surface area contributed by atoms with Crippen LogP contribution in [0.15, 0.2) is 79.0 Å². The molecule has 0 heterocycles. The molecular formula is C32H44O4S. The molecule has 0 atom stereocenters. The number of carbonyl (C=O) groups excluding carboxylic acids is 1. The number of hydrogen-bond donors (Lipinski definition) is 2. The van der Waals surface area contributed by atoms with Gasteiger partial charge < -0.3 is 10.2 Å². The van der Waals surface area contributed by atoms with Crippen LogP contribution in [0, 0.1) is 0 Å². The van der Waals surface area contributed by atoms with Crippen molar-refractivity contribution in [2.45, 2.75) is 83.3 Å². The molecule has 37 heavy (non-hydrogen) atoms. The summed E-state index contributed by atoms with van der Waals surface area (Å²) < 4.78 is -0.483. The van der Waals surface area contributed by atoms with Gasteiger partial charge in [0, 0.05) is 6.42 Å². The summed E-state index contributed by atoms with van der Waals surface area (Å²) in [6, 6.07) is 4.36. The molecule has 0 aliphatic carbocycles. The Bertz CT molecular complexity index is 965. The van der Waals surface area contributed by atoms with Gasteiger partial charge in [0.15, 0.2) is 5.78 Å². The first-order chi connectivity index (χ1) is 17.9. The SMILES string of the molecule is CC/C=C\C/C=C\C/C=C\C/C=C\C/C=C\CCSC(CC)(CC)C(=O)Cc1ccc(O)c(C(=O)O)c1. The zero-order chi connectivity index (χ0) is 27.4. The molecule has 1 aromatic rings. The van der Waals surface area contributed by atoms with Crippen LogP contribution < -0.4 is 0 Å². The lowest BCUT2D eigenvalue weighted by atomic mass is 9.91. The summed E-state index contributed by atoms with van der Waals surface area (Å²) in [7, 11) is 0. The number of rotatable bonds is 19. The number of carboxylic acids is 1. The number of Topliss-reactive ketones (excluding diaryl/α,β-unsaturated/α-hetero) is 1. The zero-order valence-electron chi connectivity index (χ0n) is 22.7. The van der Waals surface area contributed by atoms with Crippen LogP contribution in [0.5, 0.6) is 5.75 Å². The monoisotopic (exact) mass is 524 g/mol. The fourth-order valence-corrected chi connectivity index (χ4v) is 5.12. The van der Waals surface area contributed by atoms with Crippen LogP contribution >= 0.6 is 11.8 Å². The fraction of sp³-hybridized carbons (Fsp3) is 0.438. The summed E-state index contributed by atoms with van der Waals surface area (Å²) in [5.41, 5.74) is 0.444. The number of carbonyl (C=O) groups is 2. The van der Waals surface area contributed by atoms with E-state index in [4.69, 9.17) is 0 Å². The molecule has 2 N–H and O–H groups in total. The van der Waals surface area contributed by atoms with Gasteiger partial charge in [-0.1, -0.05) is 87.6 Å². The minimum absolute atomic E-state index is 0.105. The standard InChI is InChI=1S/C32H44O4S/c1-4-7-8-9-10-11-12-13-14-15-16-17-18-19-20-21-24-37-32(5-2,6-3)30(34)26-27-22-23-29(33)28(25-27)31(35)36/h7-8,10-11,13-14,16-17,19-20,22-23,25,33H,4-6,9,12,15,18,21,24,26H2,1-3H3,(H,35,36)/b8-7-,11-10-,14-13-,17-16-,20-19-. The Balaban J connectivity index is 2.40. The topological polar surface area (TPSA) is 74.6 Å². The zero-order valence-corrected chi connectivity index (χ0v) is 23.5. The van der Waals surface area contributed by atoms with E-state index in [1.165, 1.54) is 12.1 Å². The minimum Gasteiger partial charge on any atom is -0.507 e. The first-order valence-corrected chi connectivity index (χ1v) is 14.4. The van der Waals surface area contributed by atoms with Gasteiger partial charge in [-0.3, -0.25) is 4.79 Å². The molecule has 0 bridgehead atoms. The van der Waals surface area contributed by atoms with Crippen molar-refractivity contribution in [3.05, 3.63) is 90.1 Å². The molecule has 0 spiro atoms. The molecule has 0 aromatic heterocycles. The van der Waals surface area contributed by atoms with E-state index in [9.17, 15) is 19.8 Å². The van der Waals surface area contributed by atoms with Crippen LogP contribution in [0.2, 0.25) is 0 Å². The molecular weight excluding hydrogens is 480 g/mol. The molecule has 0 saturated heterocycles. The molecule has 0 amide bonds. The summed E-state index contributed by atoms with van der Waals surface area (Å²) in [5, 5.41) is 18.9. The largest absolute Gasteiger partial charge is 0.507 e. The van der Waals surface area contributed by atoms with Gasteiger partial charge in [-0.05, 0) is 74.8 Å². The molecule has 0 unspecified atom stereocenters. The number of aromatic hydroxyl groups is 1. The lowest BCUT2D eigenvalue weighted by Crippen LogP contribution is -2.35. The number of carboxylic acid groups (broad SMARTS) is 1. The summed E-state index contributed by atoms with van der Waals surface area (Å²) in [6.45, 7) is 6.21. The lowest BCUT2D eigenvalue weighted by molar-refractivity contribution is -0.120. The average Bonchev–Trinajstić information content (AvgIpc) is 2.89. The number of phenols is 1. The van der Waals surface area contributed by atoms with Crippen LogP contribution in [0.25, 0.3) is 0 Å². The van der Waals surface area contributed by atoms with Gasteiger partial charge in [-0.25, -0.2) is 4.79 Å². The third-order valence-corrected chi connectivity index (χ3v) is 7.92. The highest BCUT2D eigenvalue weighted by atomic mass is 32.2. The summed E-state index contributed by atoms with van der Waals surface area (Å²) in [6.07, 6.45) is 29.3. The second-order valence-electron chi connectivity index (χ2n) is 8.80.